The van der Waals surface area contributed by atoms with Crippen molar-refractivity contribution in [1.82, 2.24) is 4.90 Å². The molecule has 1 aromatic carbocycles. The van der Waals surface area contributed by atoms with Crippen LogP contribution in [-0.4, -0.2) is 35.0 Å². The molecule has 1 aromatic rings. The van der Waals surface area contributed by atoms with Crippen molar-refractivity contribution < 1.29 is 9.90 Å². The van der Waals surface area contributed by atoms with Crippen molar-refractivity contribution in [3.8, 4) is 0 Å². The molecule has 0 radical (unpaired) electrons. The molecule has 1 N–H and O–H groups in total. The van der Waals surface area contributed by atoms with Crippen molar-refractivity contribution in [3.63, 3.8) is 0 Å². The molecular formula is C19H27NO2. The Morgan fingerprint density at radius 2 is 2.05 bits per heavy atom. The van der Waals surface area contributed by atoms with Gasteiger partial charge in [0.15, 0.2) is 0 Å². The number of rotatable bonds is 5. The molecule has 2 bridgehead atoms. The highest BCUT2D eigenvalue weighted by atomic mass is 16.3. The normalized spacial score (nSPS) is 32.2. The quantitative estimate of drug-likeness (QED) is 0.909. The number of nitrogens with zero attached hydrogens (tertiary/aromatic N) is 1. The van der Waals surface area contributed by atoms with E-state index in [1.165, 1.54) is 5.56 Å². The van der Waals surface area contributed by atoms with Gasteiger partial charge in [-0.2, -0.15) is 0 Å². The van der Waals surface area contributed by atoms with Gasteiger partial charge in [0.1, 0.15) is 5.78 Å². The highest BCUT2D eigenvalue weighted by Crippen LogP contribution is 2.42. The van der Waals surface area contributed by atoms with Crippen molar-refractivity contribution in [2.24, 2.45) is 17.8 Å². The zero-order valence-corrected chi connectivity index (χ0v) is 13.4. The summed E-state index contributed by atoms with van der Waals surface area (Å²) in [5.74, 6) is 1.61. The predicted octanol–water partition coefficient (Wildman–Crippen LogP) is 2.87. The number of likely N-dealkylation sites (tertiary alicyclic amines) is 1. The van der Waals surface area contributed by atoms with Gasteiger partial charge < -0.3 is 5.11 Å². The molecule has 0 spiro atoms. The number of ketones is 1. The number of Topliss-reactive ketones (excluding diaryl/α,β-unsaturated/α-hetero) is 1. The monoisotopic (exact) mass is 301 g/mol. The van der Waals surface area contributed by atoms with Gasteiger partial charge in [-0.25, -0.2) is 0 Å². The first-order chi connectivity index (χ1) is 10.7. The standard InChI is InChI=1S/C19H27NO2/c1-2-15-13-20(12-14-6-4-3-5-7-14)18-10-16(15)11-19(22)17(18)8-9-21/h3-7,15-18,21H,2,8-13H2,1H3/t15-,16+,17+,18+/m1/s1. The van der Waals surface area contributed by atoms with E-state index in [0.717, 1.165) is 32.4 Å². The molecule has 1 saturated heterocycles. The number of benzene rings is 1. The van der Waals surface area contributed by atoms with Crippen molar-refractivity contribution >= 4 is 5.78 Å². The van der Waals surface area contributed by atoms with Crippen LogP contribution in [-0.2, 0) is 11.3 Å². The van der Waals surface area contributed by atoms with Gasteiger partial charge in [0, 0.05) is 38.1 Å². The van der Waals surface area contributed by atoms with Crippen LogP contribution in [0.2, 0.25) is 0 Å². The number of fused-ring (bicyclic) bond motifs is 2. The summed E-state index contributed by atoms with van der Waals surface area (Å²) >= 11 is 0. The van der Waals surface area contributed by atoms with Gasteiger partial charge in [0.2, 0.25) is 0 Å². The van der Waals surface area contributed by atoms with Crippen LogP contribution in [0.15, 0.2) is 30.3 Å². The fourth-order valence-corrected chi connectivity index (χ4v) is 4.49. The molecule has 3 rings (SSSR count). The van der Waals surface area contributed by atoms with Crippen LogP contribution in [0.4, 0.5) is 0 Å². The topological polar surface area (TPSA) is 40.5 Å². The van der Waals surface area contributed by atoms with Crippen molar-refractivity contribution in [1.29, 1.82) is 0 Å². The maximum absolute atomic E-state index is 12.5. The van der Waals surface area contributed by atoms with E-state index < -0.39 is 0 Å². The molecule has 4 atom stereocenters. The Morgan fingerprint density at radius 1 is 1.27 bits per heavy atom. The summed E-state index contributed by atoms with van der Waals surface area (Å²) in [6.45, 7) is 4.38. The SMILES string of the molecule is CC[C@@H]1CN(Cc2ccccc2)[C@H]2C[C@H]1CC(=O)[C@H]2CCO. The van der Waals surface area contributed by atoms with Gasteiger partial charge in [-0.05, 0) is 30.2 Å². The summed E-state index contributed by atoms with van der Waals surface area (Å²) in [5, 5.41) is 9.34. The number of aliphatic hydroxyl groups is 1. The maximum Gasteiger partial charge on any atom is 0.137 e. The first kappa shape index (κ1) is 15.7. The van der Waals surface area contributed by atoms with Crippen molar-refractivity contribution in [2.45, 2.75) is 45.2 Å². The zero-order valence-electron chi connectivity index (χ0n) is 13.4. The Bertz CT molecular complexity index is 501. The lowest BCUT2D eigenvalue weighted by Crippen LogP contribution is -2.55. The van der Waals surface area contributed by atoms with E-state index in [9.17, 15) is 9.90 Å². The third-order valence-electron chi connectivity index (χ3n) is 5.68. The molecule has 0 unspecified atom stereocenters. The maximum atomic E-state index is 12.5. The van der Waals surface area contributed by atoms with E-state index in [-0.39, 0.29) is 12.5 Å². The number of carbonyl (C=O) groups excluding carboxylic acids is 1. The molecule has 120 valence electrons. The minimum atomic E-state index is 0.0303. The first-order valence-electron chi connectivity index (χ1n) is 8.64. The predicted molar refractivity (Wildman–Crippen MR) is 87.3 cm³/mol. The average Bonchev–Trinajstić information content (AvgIpc) is 2.54. The third-order valence-corrected chi connectivity index (χ3v) is 5.68. The largest absolute Gasteiger partial charge is 0.396 e. The second kappa shape index (κ2) is 6.93. The summed E-state index contributed by atoms with van der Waals surface area (Å²) in [6, 6.07) is 10.9. The van der Waals surface area contributed by atoms with Crippen LogP contribution >= 0.6 is 0 Å². The van der Waals surface area contributed by atoms with Crippen LogP contribution in [0.1, 0.15) is 38.2 Å². The van der Waals surface area contributed by atoms with E-state index in [2.05, 4.69) is 36.1 Å². The van der Waals surface area contributed by atoms with Gasteiger partial charge in [0.25, 0.3) is 0 Å². The molecule has 1 heterocycles. The summed E-state index contributed by atoms with van der Waals surface area (Å²) in [5.41, 5.74) is 1.32. The van der Waals surface area contributed by atoms with Crippen LogP contribution in [0, 0.1) is 17.8 Å². The second-order valence-corrected chi connectivity index (χ2v) is 6.94. The fourth-order valence-electron chi connectivity index (χ4n) is 4.49. The number of hydrogen-bond acceptors (Lipinski definition) is 3. The molecule has 0 aromatic heterocycles. The fraction of sp³-hybridized carbons (Fsp3) is 0.632. The minimum absolute atomic E-state index is 0.0303. The molecule has 3 heteroatoms. The Hall–Kier alpha value is -1.19. The molecule has 22 heavy (non-hydrogen) atoms. The summed E-state index contributed by atoms with van der Waals surface area (Å²) in [4.78, 5) is 15.0. The lowest BCUT2D eigenvalue weighted by atomic mass is 9.67. The summed E-state index contributed by atoms with van der Waals surface area (Å²) < 4.78 is 0. The third kappa shape index (κ3) is 3.11. The van der Waals surface area contributed by atoms with E-state index in [4.69, 9.17) is 0 Å². The Morgan fingerprint density at radius 3 is 2.73 bits per heavy atom. The van der Waals surface area contributed by atoms with Crippen LogP contribution in [0.5, 0.6) is 0 Å². The summed E-state index contributed by atoms with van der Waals surface area (Å²) in [6.07, 6.45) is 3.64. The second-order valence-electron chi connectivity index (χ2n) is 6.94. The Labute approximate surface area is 133 Å². The Kier molecular flexibility index (Phi) is 4.94. The number of carbonyl (C=O) groups is 1. The molecule has 0 amide bonds. The summed E-state index contributed by atoms with van der Waals surface area (Å²) in [7, 11) is 0. The van der Waals surface area contributed by atoms with Gasteiger partial charge in [-0.3, -0.25) is 9.69 Å². The van der Waals surface area contributed by atoms with Crippen LogP contribution in [0.3, 0.4) is 0 Å². The zero-order chi connectivity index (χ0) is 15.5. The molecule has 1 aliphatic heterocycles. The number of aliphatic hydroxyl groups excluding tert-OH is 1. The van der Waals surface area contributed by atoms with Crippen molar-refractivity contribution in [2.75, 3.05) is 13.2 Å². The van der Waals surface area contributed by atoms with Crippen LogP contribution in [0.25, 0.3) is 0 Å². The van der Waals surface area contributed by atoms with E-state index in [1.54, 1.807) is 0 Å². The Balaban J connectivity index is 1.81. The van der Waals surface area contributed by atoms with E-state index in [0.29, 0.717) is 30.1 Å². The smallest absolute Gasteiger partial charge is 0.137 e. The van der Waals surface area contributed by atoms with Crippen molar-refractivity contribution in [3.05, 3.63) is 35.9 Å². The first-order valence-corrected chi connectivity index (χ1v) is 8.64. The van der Waals surface area contributed by atoms with E-state index >= 15 is 0 Å². The molecule has 1 aliphatic carbocycles. The molecular weight excluding hydrogens is 274 g/mol. The molecule has 2 fully saturated rings. The molecule has 3 nitrogen and oxygen atoms in total. The van der Waals surface area contributed by atoms with E-state index in [1.807, 2.05) is 6.07 Å². The van der Waals surface area contributed by atoms with Gasteiger partial charge in [-0.1, -0.05) is 43.7 Å². The minimum Gasteiger partial charge on any atom is -0.396 e. The number of piperidine rings is 1. The van der Waals surface area contributed by atoms with Gasteiger partial charge in [-0.15, -0.1) is 0 Å². The van der Waals surface area contributed by atoms with Crippen LogP contribution < -0.4 is 0 Å². The lowest BCUT2D eigenvalue weighted by molar-refractivity contribution is -0.135. The highest BCUT2D eigenvalue weighted by molar-refractivity contribution is 5.83. The number of hydrogen-bond donors (Lipinski definition) is 1. The molecule has 1 saturated carbocycles. The van der Waals surface area contributed by atoms with Gasteiger partial charge in [0.05, 0.1) is 0 Å². The lowest BCUT2D eigenvalue weighted by Gasteiger charge is -2.50. The average molecular weight is 301 g/mol. The highest BCUT2D eigenvalue weighted by Gasteiger charge is 2.45. The molecule has 2 aliphatic rings. The van der Waals surface area contributed by atoms with Gasteiger partial charge >= 0.3 is 0 Å².